The van der Waals surface area contributed by atoms with Crippen LogP contribution in [0.15, 0.2) is 48.5 Å². The predicted molar refractivity (Wildman–Crippen MR) is 168 cm³/mol. The molecule has 0 aliphatic rings. The molecule has 7 heteroatoms. The van der Waals surface area contributed by atoms with Gasteiger partial charge in [-0.3, -0.25) is 9.59 Å². The first kappa shape index (κ1) is 35.8. The first-order chi connectivity index (χ1) is 19.9. The zero-order chi connectivity index (χ0) is 30.0. The molecular formula is C34H54N2O5. The van der Waals surface area contributed by atoms with Crippen molar-refractivity contribution in [2.24, 2.45) is 5.73 Å². The topological polar surface area (TPSA) is 111 Å². The highest BCUT2D eigenvalue weighted by Crippen LogP contribution is 2.25. The Balaban J connectivity index is 0.000000411. The predicted octanol–water partition coefficient (Wildman–Crippen LogP) is 8.43. The molecule has 2 aromatic rings. The molecule has 0 aromatic heterocycles. The van der Waals surface area contributed by atoms with E-state index in [0.29, 0.717) is 36.7 Å². The van der Waals surface area contributed by atoms with Crippen molar-refractivity contribution in [1.29, 1.82) is 0 Å². The summed E-state index contributed by atoms with van der Waals surface area (Å²) in [7, 11) is 1.60. The quantitative estimate of drug-likeness (QED) is 0.123. The molecule has 4 N–H and O–H groups in total. The van der Waals surface area contributed by atoms with Crippen LogP contribution in [0.4, 0.5) is 0 Å². The van der Waals surface area contributed by atoms with E-state index in [1.165, 1.54) is 89.9 Å². The smallest absolute Gasteiger partial charge is 0.223 e. The zero-order valence-electron chi connectivity index (χ0n) is 25.5. The maximum atomic E-state index is 11.1. The average Bonchev–Trinajstić information content (AvgIpc) is 2.97. The molecule has 2 aromatic carbocycles. The second-order valence-corrected chi connectivity index (χ2v) is 10.5. The van der Waals surface area contributed by atoms with E-state index in [1.807, 2.05) is 0 Å². The highest BCUT2D eigenvalue weighted by molar-refractivity contribution is 5.75. The highest BCUT2D eigenvalue weighted by atomic mass is 16.5. The number of hydrogen-bond donors (Lipinski definition) is 3. The van der Waals surface area contributed by atoms with Crippen molar-refractivity contribution in [3.8, 4) is 23.0 Å². The number of amides is 2. The van der Waals surface area contributed by atoms with E-state index in [2.05, 4.69) is 12.2 Å². The molecule has 0 atom stereocenters. The monoisotopic (exact) mass is 570 g/mol. The number of nitrogens with two attached hydrogens (primary N) is 1. The number of ether oxygens (including phenoxy) is 2. The van der Waals surface area contributed by atoms with E-state index in [0.717, 1.165) is 6.42 Å². The summed E-state index contributed by atoms with van der Waals surface area (Å²) in [5.74, 6) is 1.97. The summed E-state index contributed by atoms with van der Waals surface area (Å²) in [6, 6.07) is 13.6. The minimum absolute atomic E-state index is 0.0534. The van der Waals surface area contributed by atoms with Gasteiger partial charge in [0.05, 0.1) is 13.0 Å². The lowest BCUT2D eigenvalue weighted by Crippen LogP contribution is -2.20. The lowest BCUT2D eigenvalue weighted by Gasteiger charge is -2.08. The van der Waals surface area contributed by atoms with Gasteiger partial charge in [0.2, 0.25) is 11.8 Å². The van der Waals surface area contributed by atoms with Crippen LogP contribution < -0.4 is 20.5 Å². The molecule has 230 valence electrons. The molecule has 0 heterocycles. The van der Waals surface area contributed by atoms with Crippen LogP contribution in [0.1, 0.15) is 116 Å². The number of rotatable bonds is 22. The van der Waals surface area contributed by atoms with Gasteiger partial charge in [-0.2, -0.15) is 0 Å². The van der Waals surface area contributed by atoms with E-state index in [9.17, 15) is 14.7 Å². The Kier molecular flexibility index (Phi) is 21.5. The molecule has 2 rings (SSSR count). The summed E-state index contributed by atoms with van der Waals surface area (Å²) in [6.45, 7) is 2.61. The van der Waals surface area contributed by atoms with Gasteiger partial charge >= 0.3 is 0 Å². The van der Waals surface area contributed by atoms with Crippen LogP contribution in [-0.4, -0.2) is 30.6 Å². The third-order valence-corrected chi connectivity index (χ3v) is 6.80. The molecular weight excluding hydrogens is 516 g/mol. The van der Waals surface area contributed by atoms with Crippen LogP contribution in [0, 0.1) is 0 Å². The number of carbonyl (C=O) groups excluding carboxylic acids is 2. The van der Waals surface area contributed by atoms with Crippen LogP contribution in [-0.2, 0) is 9.59 Å². The molecule has 41 heavy (non-hydrogen) atoms. The van der Waals surface area contributed by atoms with Gasteiger partial charge in [0.15, 0.2) is 0 Å². The molecule has 2 amide bonds. The maximum Gasteiger partial charge on any atom is 0.223 e. The second kappa shape index (κ2) is 24.6. The van der Waals surface area contributed by atoms with Gasteiger partial charge in [0.1, 0.15) is 23.0 Å². The average molecular weight is 571 g/mol. The van der Waals surface area contributed by atoms with Crippen molar-refractivity contribution in [3.63, 3.8) is 0 Å². The molecule has 0 aliphatic carbocycles. The van der Waals surface area contributed by atoms with Crippen LogP contribution in [0.3, 0.4) is 0 Å². The Morgan fingerprint density at radius 2 is 1.07 bits per heavy atom. The van der Waals surface area contributed by atoms with Crippen LogP contribution in [0.2, 0.25) is 0 Å². The van der Waals surface area contributed by atoms with E-state index in [1.54, 1.807) is 55.6 Å². The number of benzene rings is 2. The molecule has 0 bridgehead atoms. The number of primary amides is 1. The fourth-order valence-electron chi connectivity index (χ4n) is 4.31. The zero-order valence-corrected chi connectivity index (χ0v) is 25.5. The lowest BCUT2D eigenvalue weighted by atomic mass is 10.0. The fraction of sp³-hybridized carbons (Fsp3) is 0.588. The Morgan fingerprint density at radius 1 is 0.659 bits per heavy atom. The first-order valence-electron chi connectivity index (χ1n) is 15.6. The SMILES string of the molecule is CCCCCCCCCCCCCCCCCC(N)=O.CNC(=O)CCOc1ccc(Oc2ccc(O)cc2)cc1. The summed E-state index contributed by atoms with van der Waals surface area (Å²) in [6.07, 6.45) is 21.2. The molecule has 0 radical (unpaired) electrons. The van der Waals surface area contributed by atoms with Gasteiger partial charge in [-0.05, 0) is 55.0 Å². The van der Waals surface area contributed by atoms with E-state index in [-0.39, 0.29) is 17.6 Å². The number of carbonyl (C=O) groups is 2. The largest absolute Gasteiger partial charge is 0.508 e. The Bertz CT molecular complexity index is 916. The summed E-state index contributed by atoms with van der Waals surface area (Å²) >= 11 is 0. The Hall–Kier alpha value is -3.22. The van der Waals surface area contributed by atoms with Crippen LogP contribution in [0.5, 0.6) is 23.0 Å². The van der Waals surface area contributed by atoms with Gasteiger partial charge in [-0.1, -0.05) is 96.8 Å². The van der Waals surface area contributed by atoms with Gasteiger partial charge in [-0.25, -0.2) is 0 Å². The Labute approximate surface area is 248 Å². The summed E-state index contributed by atoms with van der Waals surface area (Å²) in [5, 5.41) is 11.7. The van der Waals surface area contributed by atoms with E-state index in [4.69, 9.17) is 15.2 Å². The number of phenolic OH excluding ortho intramolecular Hbond substituents is 1. The summed E-state index contributed by atoms with van der Waals surface area (Å²) in [4.78, 5) is 21.6. The Morgan fingerprint density at radius 3 is 1.51 bits per heavy atom. The normalized spacial score (nSPS) is 10.4. The fourth-order valence-corrected chi connectivity index (χ4v) is 4.31. The number of unbranched alkanes of at least 4 members (excludes halogenated alkanes) is 14. The number of aromatic hydroxyl groups is 1. The van der Waals surface area contributed by atoms with Crippen molar-refractivity contribution in [2.45, 2.75) is 116 Å². The molecule has 0 unspecified atom stereocenters. The molecule has 0 spiro atoms. The van der Waals surface area contributed by atoms with Crippen molar-refractivity contribution >= 4 is 11.8 Å². The van der Waals surface area contributed by atoms with Crippen LogP contribution in [0.25, 0.3) is 0 Å². The minimum Gasteiger partial charge on any atom is -0.508 e. The highest BCUT2D eigenvalue weighted by Gasteiger charge is 2.01. The number of hydrogen-bond acceptors (Lipinski definition) is 5. The van der Waals surface area contributed by atoms with Crippen molar-refractivity contribution in [3.05, 3.63) is 48.5 Å². The summed E-state index contributed by atoms with van der Waals surface area (Å²) in [5.41, 5.74) is 5.11. The standard InChI is InChI=1S/C18H37NO.C16H17NO4/c1-2-3-4-5-6-7-8-9-10-11-12-13-14-15-16-17-18(19)20;1-17-16(19)10-11-20-13-6-8-15(9-7-13)21-14-4-2-12(18)3-5-14/h2-17H2,1H3,(H2,19,20);2-9,18H,10-11H2,1H3,(H,17,19). The molecule has 0 fully saturated rings. The van der Waals surface area contributed by atoms with E-state index >= 15 is 0 Å². The van der Waals surface area contributed by atoms with Gasteiger partial charge in [-0.15, -0.1) is 0 Å². The second-order valence-electron chi connectivity index (χ2n) is 10.5. The third kappa shape index (κ3) is 21.2. The van der Waals surface area contributed by atoms with Crippen molar-refractivity contribution in [1.82, 2.24) is 5.32 Å². The lowest BCUT2D eigenvalue weighted by molar-refractivity contribution is -0.121. The van der Waals surface area contributed by atoms with E-state index < -0.39 is 0 Å². The minimum atomic E-state index is -0.153. The first-order valence-corrected chi connectivity index (χ1v) is 15.6. The molecule has 0 aliphatic heterocycles. The molecule has 7 nitrogen and oxygen atoms in total. The van der Waals surface area contributed by atoms with Crippen molar-refractivity contribution in [2.75, 3.05) is 13.7 Å². The third-order valence-electron chi connectivity index (χ3n) is 6.80. The van der Waals surface area contributed by atoms with Gasteiger partial charge in [0.25, 0.3) is 0 Å². The van der Waals surface area contributed by atoms with Crippen molar-refractivity contribution < 1.29 is 24.2 Å². The molecule has 0 saturated carbocycles. The number of nitrogens with one attached hydrogen (secondary N) is 1. The summed E-state index contributed by atoms with van der Waals surface area (Å²) < 4.78 is 11.1. The van der Waals surface area contributed by atoms with Crippen LogP contribution >= 0.6 is 0 Å². The molecule has 0 saturated heterocycles. The maximum absolute atomic E-state index is 11.1. The van der Waals surface area contributed by atoms with Gasteiger partial charge < -0.3 is 25.6 Å². The number of phenols is 1. The van der Waals surface area contributed by atoms with Gasteiger partial charge in [0, 0.05) is 13.5 Å².